The lowest BCUT2D eigenvalue weighted by Crippen LogP contribution is -2.43. The van der Waals surface area contributed by atoms with Crippen LogP contribution in [0.4, 0.5) is 21.8 Å². The summed E-state index contributed by atoms with van der Waals surface area (Å²) in [5, 5.41) is 7.22. The highest BCUT2D eigenvalue weighted by Gasteiger charge is 2.16. The number of nitrogens with zero attached hydrogens (tertiary/aromatic N) is 6. The average molecular weight is 406 g/mol. The third-order valence-corrected chi connectivity index (χ3v) is 5.37. The molecule has 9 heteroatoms. The molecule has 8 nitrogen and oxygen atoms in total. The molecule has 1 aromatic carbocycles. The number of imidazole rings is 1. The van der Waals surface area contributed by atoms with E-state index in [0.717, 1.165) is 48.1 Å². The van der Waals surface area contributed by atoms with Gasteiger partial charge in [0.25, 0.3) is 0 Å². The van der Waals surface area contributed by atoms with E-state index in [1.807, 2.05) is 23.4 Å². The molecule has 154 valence electrons. The lowest BCUT2D eigenvalue weighted by molar-refractivity contribution is 0.565. The molecule has 4 aromatic rings. The SMILES string of the molecule is CC(C)n1cnc2ccc3cnc(Nc4cc(F)c(N5CCNCC5)cn4)nc3c21. The predicted molar refractivity (Wildman–Crippen MR) is 116 cm³/mol. The number of nitrogens with one attached hydrogen (secondary N) is 2. The molecular weight excluding hydrogens is 383 g/mol. The quantitative estimate of drug-likeness (QED) is 0.538. The van der Waals surface area contributed by atoms with Crippen LogP contribution in [0.15, 0.2) is 36.9 Å². The molecular formula is C21H23FN8. The third-order valence-electron chi connectivity index (χ3n) is 5.37. The Labute approximate surface area is 173 Å². The Morgan fingerprint density at radius 2 is 1.93 bits per heavy atom. The Hall–Kier alpha value is -3.33. The minimum atomic E-state index is -0.310. The lowest BCUT2D eigenvalue weighted by Gasteiger charge is -2.29. The molecule has 0 amide bonds. The van der Waals surface area contributed by atoms with Crippen molar-refractivity contribution in [2.24, 2.45) is 0 Å². The molecule has 2 N–H and O–H groups in total. The molecule has 0 unspecified atom stereocenters. The second kappa shape index (κ2) is 7.49. The lowest BCUT2D eigenvalue weighted by atomic mass is 10.2. The molecule has 1 saturated heterocycles. The second-order valence-corrected chi connectivity index (χ2v) is 7.69. The molecule has 4 heterocycles. The average Bonchev–Trinajstić information content (AvgIpc) is 3.20. The summed E-state index contributed by atoms with van der Waals surface area (Å²) in [4.78, 5) is 19.9. The maximum atomic E-state index is 14.7. The van der Waals surface area contributed by atoms with Crippen molar-refractivity contribution in [3.8, 4) is 0 Å². The number of rotatable bonds is 4. The minimum Gasteiger partial charge on any atom is -0.365 e. The van der Waals surface area contributed by atoms with Gasteiger partial charge < -0.3 is 20.1 Å². The largest absolute Gasteiger partial charge is 0.365 e. The topological polar surface area (TPSA) is 83.8 Å². The molecule has 3 aromatic heterocycles. The Morgan fingerprint density at radius 3 is 2.70 bits per heavy atom. The zero-order valence-electron chi connectivity index (χ0n) is 16.9. The van der Waals surface area contributed by atoms with Crippen LogP contribution in [-0.2, 0) is 0 Å². The number of anilines is 3. The normalized spacial score (nSPS) is 14.7. The van der Waals surface area contributed by atoms with Crippen LogP contribution < -0.4 is 15.5 Å². The molecule has 1 aliphatic heterocycles. The van der Waals surface area contributed by atoms with Crippen molar-refractivity contribution in [1.82, 2.24) is 29.8 Å². The fourth-order valence-electron chi connectivity index (χ4n) is 3.81. The molecule has 0 atom stereocenters. The molecule has 0 radical (unpaired) electrons. The van der Waals surface area contributed by atoms with Gasteiger partial charge in [-0.3, -0.25) is 0 Å². The second-order valence-electron chi connectivity index (χ2n) is 7.69. The molecule has 1 fully saturated rings. The van der Waals surface area contributed by atoms with Crippen LogP contribution in [0.25, 0.3) is 21.9 Å². The number of hydrogen-bond donors (Lipinski definition) is 2. The van der Waals surface area contributed by atoms with Gasteiger partial charge in [-0.05, 0) is 26.0 Å². The van der Waals surface area contributed by atoms with Crippen molar-refractivity contribution in [2.75, 3.05) is 36.4 Å². The van der Waals surface area contributed by atoms with E-state index in [-0.39, 0.29) is 11.9 Å². The zero-order valence-corrected chi connectivity index (χ0v) is 16.9. The van der Waals surface area contributed by atoms with Crippen LogP contribution in [0.5, 0.6) is 0 Å². The standard InChI is InChI=1S/C21H23FN8/c1-13(2)30-12-26-16-4-3-14-10-25-21(28-19(14)20(16)30)27-18-9-15(22)17(11-24-18)29-7-5-23-6-8-29/h3-4,9-13,23H,5-8H2,1-2H3,(H,24,25,27,28). The molecule has 0 aliphatic carbocycles. The first-order chi connectivity index (χ1) is 14.6. The number of fused-ring (bicyclic) bond motifs is 3. The highest BCUT2D eigenvalue weighted by atomic mass is 19.1. The maximum absolute atomic E-state index is 14.7. The fourth-order valence-corrected chi connectivity index (χ4v) is 3.81. The summed E-state index contributed by atoms with van der Waals surface area (Å²) in [5.74, 6) is 0.430. The van der Waals surface area contributed by atoms with Crippen LogP contribution in [0.2, 0.25) is 0 Å². The number of hydrogen-bond acceptors (Lipinski definition) is 7. The smallest absolute Gasteiger partial charge is 0.228 e. The van der Waals surface area contributed by atoms with Gasteiger partial charge in [-0.1, -0.05) is 0 Å². The molecule has 0 spiro atoms. The Kier molecular flexibility index (Phi) is 4.66. The van der Waals surface area contributed by atoms with E-state index in [2.05, 4.69) is 44.0 Å². The van der Waals surface area contributed by atoms with E-state index in [9.17, 15) is 4.39 Å². The first-order valence-electron chi connectivity index (χ1n) is 10.1. The summed E-state index contributed by atoms with van der Waals surface area (Å²) < 4.78 is 16.8. The molecule has 1 aliphatic rings. The van der Waals surface area contributed by atoms with E-state index in [0.29, 0.717) is 17.5 Å². The van der Waals surface area contributed by atoms with Gasteiger partial charge in [0.15, 0.2) is 5.82 Å². The maximum Gasteiger partial charge on any atom is 0.228 e. The first kappa shape index (κ1) is 18.7. The first-order valence-corrected chi connectivity index (χ1v) is 10.1. The molecule has 5 rings (SSSR count). The summed E-state index contributed by atoms with van der Waals surface area (Å²) in [6.45, 7) is 7.41. The van der Waals surface area contributed by atoms with Crippen molar-refractivity contribution in [3.05, 3.63) is 42.7 Å². The van der Waals surface area contributed by atoms with Gasteiger partial charge >= 0.3 is 0 Å². The monoisotopic (exact) mass is 406 g/mol. The van der Waals surface area contributed by atoms with Crippen LogP contribution >= 0.6 is 0 Å². The summed E-state index contributed by atoms with van der Waals surface area (Å²) in [6.07, 6.45) is 5.15. The van der Waals surface area contributed by atoms with Gasteiger partial charge in [-0.25, -0.2) is 24.3 Å². The number of benzene rings is 1. The minimum absolute atomic E-state index is 0.250. The predicted octanol–water partition coefficient (Wildman–Crippen LogP) is 3.25. The fraction of sp³-hybridized carbons (Fsp3) is 0.333. The van der Waals surface area contributed by atoms with Gasteiger partial charge in [0.1, 0.15) is 11.3 Å². The highest BCUT2D eigenvalue weighted by Crippen LogP contribution is 2.27. The van der Waals surface area contributed by atoms with Crippen molar-refractivity contribution in [3.63, 3.8) is 0 Å². The van der Waals surface area contributed by atoms with Gasteiger partial charge in [0.2, 0.25) is 5.95 Å². The number of aromatic nitrogens is 5. The van der Waals surface area contributed by atoms with Crippen molar-refractivity contribution >= 4 is 39.4 Å². The third kappa shape index (κ3) is 3.30. The number of piperazine rings is 1. The van der Waals surface area contributed by atoms with Gasteiger partial charge in [0, 0.05) is 49.9 Å². The van der Waals surface area contributed by atoms with Gasteiger partial charge in [-0.15, -0.1) is 0 Å². The van der Waals surface area contributed by atoms with E-state index < -0.39 is 0 Å². The van der Waals surface area contributed by atoms with Crippen LogP contribution in [0.3, 0.4) is 0 Å². The number of halogens is 1. The number of pyridine rings is 1. The zero-order chi connectivity index (χ0) is 20.7. The van der Waals surface area contributed by atoms with Crippen LogP contribution in [-0.4, -0.2) is 50.7 Å². The van der Waals surface area contributed by atoms with Crippen LogP contribution in [0.1, 0.15) is 19.9 Å². The summed E-state index contributed by atoms with van der Waals surface area (Å²) in [6, 6.07) is 5.57. The summed E-state index contributed by atoms with van der Waals surface area (Å²) in [7, 11) is 0. The van der Waals surface area contributed by atoms with E-state index in [4.69, 9.17) is 4.98 Å². The van der Waals surface area contributed by atoms with E-state index in [1.165, 1.54) is 6.07 Å². The Bertz CT molecular complexity index is 1210. The Balaban J connectivity index is 1.48. The van der Waals surface area contributed by atoms with E-state index in [1.54, 1.807) is 12.4 Å². The molecule has 0 bridgehead atoms. The highest BCUT2D eigenvalue weighted by molar-refractivity contribution is 6.02. The van der Waals surface area contributed by atoms with Crippen molar-refractivity contribution in [2.45, 2.75) is 19.9 Å². The summed E-state index contributed by atoms with van der Waals surface area (Å²) in [5.41, 5.74) is 3.16. The van der Waals surface area contributed by atoms with Crippen molar-refractivity contribution in [1.29, 1.82) is 0 Å². The van der Waals surface area contributed by atoms with Crippen molar-refractivity contribution < 1.29 is 4.39 Å². The van der Waals surface area contributed by atoms with Gasteiger partial charge in [-0.2, -0.15) is 0 Å². The summed E-state index contributed by atoms with van der Waals surface area (Å²) >= 11 is 0. The van der Waals surface area contributed by atoms with Gasteiger partial charge in [0.05, 0.1) is 29.2 Å². The Morgan fingerprint density at radius 1 is 1.10 bits per heavy atom. The molecule has 0 saturated carbocycles. The van der Waals surface area contributed by atoms with Crippen LogP contribution in [0, 0.1) is 5.82 Å². The molecule has 30 heavy (non-hydrogen) atoms. The van der Waals surface area contributed by atoms with E-state index >= 15 is 0 Å².